The zero-order valence-electron chi connectivity index (χ0n) is 7.35. The van der Waals surface area contributed by atoms with Crippen LogP contribution in [0.4, 0.5) is 0 Å². The minimum atomic E-state index is 0.194. The lowest BCUT2D eigenvalue weighted by molar-refractivity contribution is -0.108. The first-order valence-corrected chi connectivity index (χ1v) is 4.20. The smallest absolute Gasteiger partial charge is 0.146 e. The standard InChI is InChI=1S/C10H14O/c1-9(2)7-4-8(6-11)10(9,3)5-7/h4,6-7H,5H2,1-3H3. The van der Waals surface area contributed by atoms with Crippen LogP contribution in [0.15, 0.2) is 11.6 Å². The normalized spacial score (nSPS) is 44.6. The first-order chi connectivity index (χ1) is 5.02. The number of carbonyl (C=O) groups is 1. The molecule has 0 aliphatic heterocycles. The van der Waals surface area contributed by atoms with E-state index in [1.807, 2.05) is 0 Å². The molecule has 11 heavy (non-hydrogen) atoms. The molecule has 0 saturated heterocycles. The summed E-state index contributed by atoms with van der Waals surface area (Å²) in [5, 5.41) is 0. The summed E-state index contributed by atoms with van der Waals surface area (Å²) in [6.45, 7) is 6.72. The van der Waals surface area contributed by atoms with Gasteiger partial charge in [0.1, 0.15) is 6.29 Å². The van der Waals surface area contributed by atoms with E-state index in [2.05, 4.69) is 26.8 Å². The van der Waals surface area contributed by atoms with Gasteiger partial charge in [-0.25, -0.2) is 0 Å². The molecule has 0 N–H and O–H groups in total. The summed E-state index contributed by atoms with van der Waals surface area (Å²) in [5.41, 5.74) is 1.57. The van der Waals surface area contributed by atoms with Crippen LogP contribution in [0, 0.1) is 16.7 Å². The summed E-state index contributed by atoms with van der Waals surface area (Å²) in [6, 6.07) is 0. The average molecular weight is 150 g/mol. The van der Waals surface area contributed by atoms with E-state index in [-0.39, 0.29) is 5.41 Å². The van der Waals surface area contributed by atoms with Gasteiger partial charge in [0, 0.05) is 5.41 Å². The van der Waals surface area contributed by atoms with Crippen LogP contribution in [0.25, 0.3) is 0 Å². The van der Waals surface area contributed by atoms with Gasteiger partial charge in [-0.05, 0) is 23.3 Å². The van der Waals surface area contributed by atoms with Crippen molar-refractivity contribution in [2.45, 2.75) is 27.2 Å². The Morgan fingerprint density at radius 3 is 2.36 bits per heavy atom. The van der Waals surface area contributed by atoms with Crippen molar-refractivity contribution in [3.63, 3.8) is 0 Å². The third-order valence-corrected chi connectivity index (χ3v) is 4.12. The summed E-state index contributed by atoms with van der Waals surface area (Å²) in [5.74, 6) is 0.660. The van der Waals surface area contributed by atoms with Gasteiger partial charge in [0.05, 0.1) is 0 Å². The SMILES string of the molecule is CC12CC(C=C1C=O)C2(C)C. The van der Waals surface area contributed by atoms with Gasteiger partial charge in [0.2, 0.25) is 0 Å². The van der Waals surface area contributed by atoms with E-state index < -0.39 is 0 Å². The molecule has 1 saturated carbocycles. The van der Waals surface area contributed by atoms with Gasteiger partial charge in [-0.1, -0.05) is 26.8 Å². The van der Waals surface area contributed by atoms with Crippen molar-refractivity contribution in [1.82, 2.24) is 0 Å². The molecule has 0 radical (unpaired) electrons. The lowest BCUT2D eigenvalue weighted by Crippen LogP contribution is -2.48. The molecule has 2 unspecified atom stereocenters. The van der Waals surface area contributed by atoms with E-state index in [9.17, 15) is 4.79 Å². The van der Waals surface area contributed by atoms with Crippen LogP contribution < -0.4 is 0 Å². The second-order valence-electron chi connectivity index (χ2n) is 4.60. The van der Waals surface area contributed by atoms with Crippen LogP contribution in [0.2, 0.25) is 0 Å². The van der Waals surface area contributed by atoms with E-state index in [1.54, 1.807) is 0 Å². The number of carbonyl (C=O) groups excluding carboxylic acids is 1. The molecule has 0 amide bonds. The molecule has 0 spiro atoms. The van der Waals surface area contributed by atoms with Gasteiger partial charge in [-0.2, -0.15) is 0 Å². The maximum atomic E-state index is 10.7. The maximum Gasteiger partial charge on any atom is 0.146 e. The Bertz CT molecular complexity index is 250. The quantitative estimate of drug-likeness (QED) is 0.523. The highest BCUT2D eigenvalue weighted by atomic mass is 16.1. The van der Waals surface area contributed by atoms with Crippen LogP contribution in [-0.4, -0.2) is 6.29 Å². The first kappa shape index (κ1) is 7.08. The van der Waals surface area contributed by atoms with E-state index in [1.165, 1.54) is 6.42 Å². The predicted molar refractivity (Wildman–Crippen MR) is 44.1 cm³/mol. The molecule has 0 aromatic heterocycles. The number of rotatable bonds is 1. The molecule has 3 aliphatic rings. The van der Waals surface area contributed by atoms with Crippen LogP contribution in [-0.2, 0) is 4.79 Å². The molecule has 0 aromatic carbocycles. The Morgan fingerprint density at radius 2 is 2.18 bits per heavy atom. The van der Waals surface area contributed by atoms with Gasteiger partial charge < -0.3 is 0 Å². The number of allylic oxidation sites excluding steroid dienone is 2. The van der Waals surface area contributed by atoms with Gasteiger partial charge in [-0.3, -0.25) is 4.79 Å². The fraction of sp³-hybridized carbons (Fsp3) is 0.700. The van der Waals surface area contributed by atoms with E-state index in [0.29, 0.717) is 11.3 Å². The van der Waals surface area contributed by atoms with E-state index >= 15 is 0 Å². The number of aldehydes is 1. The Morgan fingerprint density at radius 1 is 1.55 bits per heavy atom. The molecule has 3 rings (SSSR count). The first-order valence-electron chi connectivity index (χ1n) is 4.20. The third kappa shape index (κ3) is 0.524. The highest BCUT2D eigenvalue weighted by molar-refractivity contribution is 5.78. The van der Waals surface area contributed by atoms with Gasteiger partial charge in [0.15, 0.2) is 0 Å². The highest BCUT2D eigenvalue weighted by Crippen LogP contribution is 2.69. The zero-order chi connectivity index (χ0) is 8.28. The molecule has 2 atom stereocenters. The molecule has 60 valence electrons. The monoisotopic (exact) mass is 150 g/mol. The van der Waals surface area contributed by atoms with Crippen LogP contribution >= 0.6 is 0 Å². The summed E-state index contributed by atoms with van der Waals surface area (Å²) in [4.78, 5) is 10.7. The second-order valence-corrected chi connectivity index (χ2v) is 4.60. The van der Waals surface area contributed by atoms with Crippen LogP contribution in [0.5, 0.6) is 0 Å². The topological polar surface area (TPSA) is 17.1 Å². The summed E-state index contributed by atoms with van der Waals surface area (Å²) >= 11 is 0. The minimum Gasteiger partial charge on any atom is -0.298 e. The lowest BCUT2D eigenvalue weighted by atomic mass is 9.49. The van der Waals surface area contributed by atoms with E-state index in [0.717, 1.165) is 11.9 Å². The Hall–Kier alpha value is -0.590. The van der Waals surface area contributed by atoms with Crippen molar-refractivity contribution in [2.24, 2.45) is 16.7 Å². The minimum absolute atomic E-state index is 0.194. The van der Waals surface area contributed by atoms with Crippen LogP contribution in [0.3, 0.4) is 0 Å². The molecule has 1 nitrogen and oxygen atoms in total. The van der Waals surface area contributed by atoms with Gasteiger partial charge in [-0.15, -0.1) is 0 Å². The summed E-state index contributed by atoms with van der Waals surface area (Å²) in [7, 11) is 0. The molecule has 0 heterocycles. The summed E-state index contributed by atoms with van der Waals surface area (Å²) < 4.78 is 0. The average Bonchev–Trinajstić information content (AvgIpc) is 2.38. The van der Waals surface area contributed by atoms with Gasteiger partial charge in [0.25, 0.3) is 0 Å². The molecule has 1 fully saturated rings. The third-order valence-electron chi connectivity index (χ3n) is 4.12. The fourth-order valence-corrected chi connectivity index (χ4v) is 2.56. The van der Waals surface area contributed by atoms with Crippen molar-refractivity contribution >= 4 is 6.29 Å². The van der Waals surface area contributed by atoms with Gasteiger partial charge >= 0.3 is 0 Å². The Balaban J connectivity index is 2.42. The molecule has 1 heteroatoms. The van der Waals surface area contributed by atoms with Crippen molar-refractivity contribution in [1.29, 1.82) is 0 Å². The molecule has 3 aliphatic carbocycles. The van der Waals surface area contributed by atoms with Crippen molar-refractivity contribution < 1.29 is 4.79 Å². The molecular weight excluding hydrogens is 136 g/mol. The molecular formula is C10H14O. The van der Waals surface area contributed by atoms with Crippen molar-refractivity contribution in [2.75, 3.05) is 0 Å². The van der Waals surface area contributed by atoms with Crippen molar-refractivity contribution in [3.8, 4) is 0 Å². The number of hydrogen-bond donors (Lipinski definition) is 0. The largest absolute Gasteiger partial charge is 0.298 e. The summed E-state index contributed by atoms with van der Waals surface area (Å²) in [6.07, 6.45) is 4.38. The lowest BCUT2D eigenvalue weighted by Gasteiger charge is -2.54. The molecule has 2 bridgehead atoms. The number of hydrogen-bond acceptors (Lipinski definition) is 1. The van der Waals surface area contributed by atoms with Crippen molar-refractivity contribution in [3.05, 3.63) is 11.6 Å². The van der Waals surface area contributed by atoms with Crippen LogP contribution in [0.1, 0.15) is 27.2 Å². The maximum absolute atomic E-state index is 10.7. The molecule has 0 aromatic rings. The fourth-order valence-electron chi connectivity index (χ4n) is 2.56. The Kier molecular flexibility index (Phi) is 1.03. The van der Waals surface area contributed by atoms with E-state index in [4.69, 9.17) is 0 Å². The Labute approximate surface area is 67.5 Å². The zero-order valence-corrected chi connectivity index (χ0v) is 7.35. The highest BCUT2D eigenvalue weighted by Gasteiger charge is 2.62. The predicted octanol–water partition coefficient (Wildman–Crippen LogP) is 2.18. The second kappa shape index (κ2) is 1.60.